The second kappa shape index (κ2) is 9.19. The molecule has 0 aliphatic carbocycles. The van der Waals surface area contributed by atoms with Crippen LogP contribution in [0.5, 0.6) is 0 Å². The average Bonchev–Trinajstić information content (AvgIpc) is 2.68. The number of carbonyl (C=O) groups is 1. The van der Waals surface area contributed by atoms with Crippen LogP contribution in [-0.2, 0) is 17.9 Å². The van der Waals surface area contributed by atoms with E-state index in [9.17, 15) is 14.0 Å². The molecule has 6 heteroatoms. The second-order valence-corrected chi connectivity index (χ2v) is 7.00. The Morgan fingerprint density at radius 2 is 1.67 bits per heavy atom. The fourth-order valence-electron chi connectivity index (χ4n) is 2.51. The topological polar surface area (TPSA) is 51.1 Å². The van der Waals surface area contributed by atoms with Crippen LogP contribution in [0.15, 0.2) is 82.6 Å². The summed E-state index contributed by atoms with van der Waals surface area (Å²) < 4.78 is 15.2. The highest BCUT2D eigenvalue weighted by Crippen LogP contribution is 2.20. The first-order valence-electron chi connectivity index (χ1n) is 8.49. The smallest absolute Gasteiger partial charge is 0.250 e. The lowest BCUT2D eigenvalue weighted by atomic mass is 10.1. The van der Waals surface area contributed by atoms with E-state index < -0.39 is 0 Å². The van der Waals surface area contributed by atoms with Crippen molar-refractivity contribution < 1.29 is 9.18 Å². The van der Waals surface area contributed by atoms with Crippen LogP contribution in [0.4, 0.5) is 4.39 Å². The summed E-state index contributed by atoms with van der Waals surface area (Å²) >= 11 is 1.18. The molecule has 0 saturated heterocycles. The van der Waals surface area contributed by atoms with E-state index >= 15 is 0 Å². The van der Waals surface area contributed by atoms with Crippen molar-refractivity contribution in [2.75, 3.05) is 5.75 Å². The van der Waals surface area contributed by atoms with E-state index in [1.54, 1.807) is 35.0 Å². The van der Waals surface area contributed by atoms with E-state index in [1.807, 2.05) is 30.3 Å². The summed E-state index contributed by atoms with van der Waals surface area (Å²) in [6, 6.07) is 19.2. The highest BCUT2D eigenvalue weighted by atomic mass is 32.2. The number of pyridine rings is 1. The highest BCUT2D eigenvalue weighted by Gasteiger charge is 2.06. The zero-order chi connectivity index (χ0) is 19.1. The SMILES string of the molecule is O=C(CSc1ccccc1F)NCc1ccc(Cn2ccccc2=O)cc1. The molecule has 3 rings (SSSR count). The van der Waals surface area contributed by atoms with Crippen molar-refractivity contribution >= 4 is 17.7 Å². The Balaban J connectivity index is 1.48. The quantitative estimate of drug-likeness (QED) is 0.637. The van der Waals surface area contributed by atoms with E-state index in [1.165, 1.54) is 23.9 Å². The van der Waals surface area contributed by atoms with Crippen LogP contribution in [-0.4, -0.2) is 16.2 Å². The van der Waals surface area contributed by atoms with Crippen molar-refractivity contribution in [3.8, 4) is 0 Å². The lowest BCUT2D eigenvalue weighted by Crippen LogP contribution is -2.24. The number of carbonyl (C=O) groups excluding carboxylic acids is 1. The van der Waals surface area contributed by atoms with Crippen LogP contribution >= 0.6 is 11.8 Å². The maximum absolute atomic E-state index is 13.5. The van der Waals surface area contributed by atoms with Crippen molar-refractivity contribution in [2.24, 2.45) is 0 Å². The monoisotopic (exact) mass is 382 g/mol. The summed E-state index contributed by atoms with van der Waals surface area (Å²) in [6.07, 6.45) is 1.75. The molecule has 0 aliphatic heterocycles. The van der Waals surface area contributed by atoms with E-state index in [2.05, 4.69) is 5.32 Å². The summed E-state index contributed by atoms with van der Waals surface area (Å²) in [6.45, 7) is 0.911. The molecule has 27 heavy (non-hydrogen) atoms. The zero-order valence-corrected chi connectivity index (χ0v) is 15.4. The number of halogens is 1. The first-order valence-corrected chi connectivity index (χ1v) is 9.48. The Bertz CT molecular complexity index is 970. The molecular formula is C21H19FN2O2S. The molecule has 0 saturated carbocycles. The van der Waals surface area contributed by atoms with Crippen LogP contribution in [0.1, 0.15) is 11.1 Å². The summed E-state index contributed by atoms with van der Waals surface area (Å²) in [5, 5.41) is 2.83. The molecule has 0 spiro atoms. The third kappa shape index (κ3) is 5.56. The van der Waals surface area contributed by atoms with E-state index in [-0.39, 0.29) is 23.0 Å². The van der Waals surface area contributed by atoms with Gasteiger partial charge in [-0.15, -0.1) is 11.8 Å². The van der Waals surface area contributed by atoms with Gasteiger partial charge in [-0.1, -0.05) is 42.5 Å². The Morgan fingerprint density at radius 1 is 0.963 bits per heavy atom. The predicted molar refractivity (Wildman–Crippen MR) is 105 cm³/mol. The number of hydrogen-bond donors (Lipinski definition) is 1. The Kier molecular flexibility index (Phi) is 6.44. The van der Waals surface area contributed by atoms with Crippen molar-refractivity contribution in [2.45, 2.75) is 18.0 Å². The molecule has 1 amide bonds. The van der Waals surface area contributed by atoms with Gasteiger partial charge in [-0.05, 0) is 29.3 Å². The van der Waals surface area contributed by atoms with Gasteiger partial charge >= 0.3 is 0 Å². The number of hydrogen-bond acceptors (Lipinski definition) is 3. The van der Waals surface area contributed by atoms with Gasteiger partial charge in [0.1, 0.15) is 5.82 Å². The zero-order valence-electron chi connectivity index (χ0n) is 14.6. The number of amides is 1. The molecule has 1 heterocycles. The maximum atomic E-state index is 13.5. The van der Waals surface area contributed by atoms with Crippen molar-refractivity contribution in [1.29, 1.82) is 0 Å². The molecule has 2 aromatic carbocycles. The molecule has 138 valence electrons. The summed E-state index contributed by atoms with van der Waals surface area (Å²) in [4.78, 5) is 24.2. The third-order valence-electron chi connectivity index (χ3n) is 3.96. The van der Waals surface area contributed by atoms with E-state index in [0.717, 1.165) is 11.1 Å². The van der Waals surface area contributed by atoms with Crippen LogP contribution in [0.3, 0.4) is 0 Å². The van der Waals surface area contributed by atoms with Gasteiger partial charge < -0.3 is 9.88 Å². The molecule has 3 aromatic rings. The number of nitrogens with one attached hydrogen (secondary N) is 1. The number of aromatic nitrogens is 1. The van der Waals surface area contributed by atoms with E-state index in [4.69, 9.17) is 0 Å². The fraction of sp³-hybridized carbons (Fsp3) is 0.143. The Morgan fingerprint density at radius 3 is 2.41 bits per heavy atom. The van der Waals surface area contributed by atoms with Gasteiger partial charge in [0.2, 0.25) is 5.91 Å². The number of rotatable bonds is 7. The molecule has 4 nitrogen and oxygen atoms in total. The molecule has 0 radical (unpaired) electrons. The number of benzene rings is 2. The van der Waals surface area contributed by atoms with Gasteiger partial charge in [0.05, 0.1) is 12.3 Å². The minimum absolute atomic E-state index is 0.0406. The molecule has 0 bridgehead atoms. The summed E-state index contributed by atoms with van der Waals surface area (Å²) in [5.74, 6) is -0.303. The van der Waals surface area contributed by atoms with Crippen LogP contribution in [0, 0.1) is 5.82 Å². The highest BCUT2D eigenvalue weighted by molar-refractivity contribution is 8.00. The fourth-order valence-corrected chi connectivity index (χ4v) is 3.28. The minimum atomic E-state index is -0.316. The molecule has 0 atom stereocenters. The third-order valence-corrected chi connectivity index (χ3v) is 5.01. The van der Waals surface area contributed by atoms with Gasteiger partial charge in [-0.3, -0.25) is 9.59 Å². The van der Waals surface area contributed by atoms with Gasteiger partial charge in [0.25, 0.3) is 5.56 Å². The van der Waals surface area contributed by atoms with Gasteiger partial charge in [-0.25, -0.2) is 4.39 Å². The number of thioether (sulfide) groups is 1. The number of nitrogens with zero attached hydrogens (tertiary/aromatic N) is 1. The van der Waals surface area contributed by atoms with Crippen molar-refractivity contribution in [3.05, 3.63) is 100 Å². The van der Waals surface area contributed by atoms with Gasteiger partial charge in [0, 0.05) is 23.7 Å². The molecular weight excluding hydrogens is 363 g/mol. The average molecular weight is 382 g/mol. The summed E-state index contributed by atoms with van der Waals surface area (Å²) in [7, 11) is 0. The lowest BCUT2D eigenvalue weighted by Gasteiger charge is -2.08. The van der Waals surface area contributed by atoms with Crippen LogP contribution < -0.4 is 10.9 Å². The maximum Gasteiger partial charge on any atom is 0.250 e. The Labute approximate surface area is 161 Å². The molecule has 0 fully saturated rings. The largest absolute Gasteiger partial charge is 0.351 e. The predicted octanol–water partition coefficient (Wildman–Crippen LogP) is 3.44. The summed E-state index contributed by atoms with van der Waals surface area (Å²) in [5.41, 5.74) is 1.93. The van der Waals surface area contributed by atoms with E-state index in [0.29, 0.717) is 18.0 Å². The molecule has 0 unspecified atom stereocenters. The second-order valence-electron chi connectivity index (χ2n) is 5.98. The molecule has 1 N–H and O–H groups in total. The first kappa shape index (κ1) is 18.9. The normalized spacial score (nSPS) is 10.6. The standard InChI is InChI=1S/C21H19FN2O2S/c22-18-5-1-2-6-19(18)27-15-20(25)23-13-16-8-10-17(11-9-16)14-24-12-4-3-7-21(24)26/h1-12H,13-15H2,(H,23,25). The molecule has 0 aliphatic rings. The van der Waals surface area contributed by atoms with Crippen molar-refractivity contribution in [3.63, 3.8) is 0 Å². The van der Waals surface area contributed by atoms with Crippen LogP contribution in [0.2, 0.25) is 0 Å². The minimum Gasteiger partial charge on any atom is -0.351 e. The van der Waals surface area contributed by atoms with Crippen LogP contribution in [0.25, 0.3) is 0 Å². The Hall–Kier alpha value is -2.86. The van der Waals surface area contributed by atoms with Gasteiger partial charge in [0.15, 0.2) is 0 Å². The first-order chi connectivity index (χ1) is 13.1. The van der Waals surface area contributed by atoms with Crippen molar-refractivity contribution in [1.82, 2.24) is 9.88 Å². The van der Waals surface area contributed by atoms with Gasteiger partial charge in [-0.2, -0.15) is 0 Å². The molecule has 1 aromatic heterocycles. The lowest BCUT2D eigenvalue weighted by molar-refractivity contribution is -0.118.